The molecule has 3 rings (SSSR count). The van der Waals surface area contributed by atoms with Crippen molar-refractivity contribution in [3.8, 4) is 5.75 Å². The van der Waals surface area contributed by atoms with Crippen LogP contribution >= 0.6 is 11.3 Å². The highest BCUT2D eigenvalue weighted by Crippen LogP contribution is 2.17. The molecule has 0 aliphatic rings. The van der Waals surface area contributed by atoms with Crippen LogP contribution in [0.4, 0.5) is 5.13 Å². The fraction of sp³-hybridized carbons (Fsp3) is 0.158. The summed E-state index contributed by atoms with van der Waals surface area (Å²) in [4.78, 5) is 4.30. The van der Waals surface area contributed by atoms with Crippen molar-refractivity contribution in [3.63, 3.8) is 0 Å². The van der Waals surface area contributed by atoms with E-state index in [1.807, 2.05) is 48.7 Å². The minimum atomic E-state index is 0.559. The van der Waals surface area contributed by atoms with E-state index in [9.17, 15) is 0 Å². The molecule has 0 saturated carbocycles. The van der Waals surface area contributed by atoms with Crippen LogP contribution in [0, 0.1) is 13.8 Å². The zero-order valence-electron chi connectivity index (χ0n) is 13.7. The van der Waals surface area contributed by atoms with E-state index < -0.39 is 0 Å². The number of nitrogens with zero attached hydrogens (tertiary/aromatic N) is 2. The van der Waals surface area contributed by atoms with E-state index in [0.717, 1.165) is 22.1 Å². The van der Waals surface area contributed by atoms with Gasteiger partial charge >= 0.3 is 0 Å². The van der Waals surface area contributed by atoms with Crippen LogP contribution in [0.3, 0.4) is 0 Å². The van der Waals surface area contributed by atoms with Crippen molar-refractivity contribution in [1.82, 2.24) is 4.98 Å². The Morgan fingerprint density at radius 3 is 2.83 bits per heavy atom. The Hall–Kier alpha value is -2.66. The van der Waals surface area contributed by atoms with Gasteiger partial charge in [0.05, 0.1) is 11.9 Å². The predicted octanol–water partition coefficient (Wildman–Crippen LogP) is 4.78. The van der Waals surface area contributed by atoms with Gasteiger partial charge in [0.25, 0.3) is 0 Å². The molecule has 1 aromatic heterocycles. The monoisotopic (exact) mass is 337 g/mol. The number of rotatable bonds is 6. The van der Waals surface area contributed by atoms with Gasteiger partial charge in [-0.15, -0.1) is 11.3 Å². The van der Waals surface area contributed by atoms with E-state index in [0.29, 0.717) is 6.61 Å². The molecule has 1 heterocycles. The Labute approximate surface area is 145 Å². The highest BCUT2D eigenvalue weighted by molar-refractivity contribution is 7.13. The summed E-state index contributed by atoms with van der Waals surface area (Å²) < 4.78 is 5.89. The van der Waals surface area contributed by atoms with Gasteiger partial charge in [0, 0.05) is 5.38 Å². The van der Waals surface area contributed by atoms with E-state index in [-0.39, 0.29) is 0 Å². The number of hydrogen-bond donors (Lipinski definition) is 1. The van der Waals surface area contributed by atoms with Gasteiger partial charge in [0.1, 0.15) is 12.4 Å². The molecule has 0 unspecified atom stereocenters. The lowest BCUT2D eigenvalue weighted by Gasteiger charge is -2.09. The third-order valence-electron chi connectivity index (χ3n) is 3.51. The zero-order valence-corrected chi connectivity index (χ0v) is 14.5. The van der Waals surface area contributed by atoms with Gasteiger partial charge in [0.2, 0.25) is 5.13 Å². The molecular formula is C19H19N3OS. The molecule has 0 radical (unpaired) electrons. The maximum Gasteiger partial charge on any atom is 0.203 e. The normalized spacial score (nSPS) is 10.9. The Morgan fingerprint density at radius 2 is 2.04 bits per heavy atom. The second kappa shape index (κ2) is 7.75. The van der Waals surface area contributed by atoms with Crippen LogP contribution in [0.5, 0.6) is 5.75 Å². The summed E-state index contributed by atoms with van der Waals surface area (Å²) in [5.74, 6) is 0.826. The molecule has 0 fully saturated rings. The molecule has 0 spiro atoms. The molecule has 2 aromatic carbocycles. The van der Waals surface area contributed by atoms with Crippen LogP contribution in [0.2, 0.25) is 0 Å². The maximum atomic E-state index is 5.89. The van der Waals surface area contributed by atoms with E-state index in [1.54, 1.807) is 6.21 Å². The lowest BCUT2D eigenvalue weighted by Crippen LogP contribution is -1.98. The number of hydrogen-bond acceptors (Lipinski definition) is 5. The highest BCUT2D eigenvalue weighted by atomic mass is 32.1. The molecule has 0 atom stereocenters. The molecule has 0 aliphatic carbocycles. The van der Waals surface area contributed by atoms with Crippen molar-refractivity contribution >= 4 is 22.7 Å². The summed E-state index contributed by atoms with van der Waals surface area (Å²) in [7, 11) is 0. The first-order chi connectivity index (χ1) is 11.7. The Kier molecular flexibility index (Phi) is 5.23. The van der Waals surface area contributed by atoms with Gasteiger partial charge in [0.15, 0.2) is 0 Å². The lowest BCUT2D eigenvalue weighted by atomic mass is 10.1. The molecule has 122 valence electrons. The number of anilines is 1. The van der Waals surface area contributed by atoms with E-state index in [4.69, 9.17) is 4.74 Å². The first-order valence-electron chi connectivity index (χ1n) is 7.69. The summed E-state index contributed by atoms with van der Waals surface area (Å²) in [5.41, 5.74) is 7.32. The molecule has 1 N–H and O–H groups in total. The molecular weight excluding hydrogens is 318 g/mol. The first kappa shape index (κ1) is 16.2. The van der Waals surface area contributed by atoms with Crippen molar-refractivity contribution in [1.29, 1.82) is 0 Å². The molecule has 3 aromatic rings. The summed E-state index contributed by atoms with van der Waals surface area (Å²) in [6, 6.07) is 16.1. The average Bonchev–Trinajstić information content (AvgIpc) is 3.00. The van der Waals surface area contributed by atoms with Crippen molar-refractivity contribution < 1.29 is 4.74 Å². The molecule has 0 bridgehead atoms. The molecule has 24 heavy (non-hydrogen) atoms. The van der Waals surface area contributed by atoms with Crippen LogP contribution in [0.1, 0.15) is 22.4 Å². The number of aromatic nitrogens is 1. The molecule has 4 nitrogen and oxygen atoms in total. The van der Waals surface area contributed by atoms with Gasteiger partial charge in [-0.25, -0.2) is 4.98 Å². The van der Waals surface area contributed by atoms with Crippen LogP contribution in [0.15, 0.2) is 59.0 Å². The van der Waals surface area contributed by atoms with Gasteiger partial charge in [-0.3, -0.25) is 5.43 Å². The maximum absolute atomic E-state index is 5.89. The van der Waals surface area contributed by atoms with Crippen LogP contribution in [-0.2, 0) is 6.61 Å². The largest absolute Gasteiger partial charge is 0.489 e. The minimum Gasteiger partial charge on any atom is -0.489 e. The first-order valence-corrected chi connectivity index (χ1v) is 8.57. The summed E-state index contributed by atoms with van der Waals surface area (Å²) in [6.45, 7) is 4.61. The standard InChI is InChI=1S/C19H19N3OS/c1-14-6-3-4-8-17(14)12-23-18-9-5-7-16(10-18)11-20-22-19-21-15(2)13-24-19/h3-11,13H,12H2,1-2H3,(H,21,22). The number of aryl methyl sites for hydroxylation is 2. The quantitative estimate of drug-likeness (QED) is 0.520. The third kappa shape index (κ3) is 4.43. The molecule has 0 saturated heterocycles. The molecule has 5 heteroatoms. The van der Waals surface area contributed by atoms with Gasteiger partial charge in [-0.2, -0.15) is 5.10 Å². The summed E-state index contributed by atoms with van der Waals surface area (Å²) >= 11 is 1.53. The Bertz CT molecular complexity index is 842. The number of ether oxygens (including phenoxy) is 1. The van der Waals surface area contributed by atoms with Crippen molar-refractivity contribution in [3.05, 3.63) is 76.3 Å². The summed E-state index contributed by atoms with van der Waals surface area (Å²) in [6.07, 6.45) is 1.76. The number of hydrazone groups is 1. The highest BCUT2D eigenvalue weighted by Gasteiger charge is 2.00. The van der Waals surface area contributed by atoms with Gasteiger partial charge in [-0.05, 0) is 42.7 Å². The number of nitrogens with one attached hydrogen (secondary N) is 1. The fourth-order valence-corrected chi connectivity index (χ4v) is 2.82. The van der Waals surface area contributed by atoms with Gasteiger partial charge < -0.3 is 4.74 Å². The minimum absolute atomic E-state index is 0.559. The van der Waals surface area contributed by atoms with Crippen LogP contribution in [0.25, 0.3) is 0 Å². The Morgan fingerprint density at radius 1 is 1.17 bits per heavy atom. The zero-order chi connectivity index (χ0) is 16.8. The van der Waals surface area contributed by atoms with Crippen molar-refractivity contribution in [2.45, 2.75) is 20.5 Å². The second-order valence-electron chi connectivity index (χ2n) is 5.45. The van der Waals surface area contributed by atoms with Crippen molar-refractivity contribution in [2.75, 3.05) is 5.43 Å². The average molecular weight is 337 g/mol. The van der Waals surface area contributed by atoms with E-state index in [2.05, 4.69) is 34.6 Å². The SMILES string of the molecule is Cc1csc(NN=Cc2cccc(OCc3ccccc3C)c2)n1. The van der Waals surface area contributed by atoms with Crippen molar-refractivity contribution in [2.24, 2.45) is 5.10 Å². The predicted molar refractivity (Wildman–Crippen MR) is 100 cm³/mol. The summed E-state index contributed by atoms with van der Waals surface area (Å²) in [5, 5.41) is 6.99. The van der Waals surface area contributed by atoms with Gasteiger partial charge in [-0.1, -0.05) is 36.4 Å². The molecule has 0 aliphatic heterocycles. The fourth-order valence-electron chi connectivity index (χ4n) is 2.19. The number of benzene rings is 2. The topological polar surface area (TPSA) is 46.5 Å². The van der Waals surface area contributed by atoms with E-state index >= 15 is 0 Å². The third-order valence-corrected chi connectivity index (χ3v) is 4.37. The number of thiazole rings is 1. The van der Waals surface area contributed by atoms with E-state index in [1.165, 1.54) is 22.5 Å². The smallest absolute Gasteiger partial charge is 0.203 e. The second-order valence-corrected chi connectivity index (χ2v) is 6.31. The van der Waals surface area contributed by atoms with Crippen LogP contribution in [-0.4, -0.2) is 11.2 Å². The lowest BCUT2D eigenvalue weighted by molar-refractivity contribution is 0.305. The van der Waals surface area contributed by atoms with Crippen LogP contribution < -0.4 is 10.2 Å². The molecule has 0 amide bonds. The Balaban J connectivity index is 1.60.